The summed E-state index contributed by atoms with van der Waals surface area (Å²) in [6, 6.07) is 38.2. The van der Waals surface area contributed by atoms with Gasteiger partial charge in [-0.05, 0) is 87.2 Å². The van der Waals surface area contributed by atoms with Crippen LogP contribution in [-0.4, -0.2) is 106 Å². The Hall–Kier alpha value is -8.73. The Morgan fingerprint density at radius 1 is 0.597 bits per heavy atom. The van der Waals surface area contributed by atoms with E-state index in [1.54, 1.807) is 22.2 Å². The highest BCUT2D eigenvalue weighted by Gasteiger charge is 2.39. The molecule has 2 fully saturated rings. The minimum atomic E-state index is -0.900. The number of carbonyl (C=O) groups is 5. The highest BCUT2D eigenvalue weighted by atomic mass is 16.6. The molecule has 10 rings (SSSR count). The van der Waals surface area contributed by atoms with Crippen molar-refractivity contribution in [2.24, 2.45) is 5.92 Å². The number of amides is 5. The zero-order chi connectivity index (χ0) is 53.6. The molecule has 2 aromatic heterocycles. The number of hydrogen-bond donors (Lipinski definition) is 5. The van der Waals surface area contributed by atoms with Crippen molar-refractivity contribution in [2.75, 3.05) is 33.9 Å². The van der Waals surface area contributed by atoms with E-state index in [-0.39, 0.29) is 55.3 Å². The van der Waals surface area contributed by atoms with Gasteiger partial charge in [0.2, 0.25) is 11.8 Å². The van der Waals surface area contributed by atoms with Crippen LogP contribution in [0.3, 0.4) is 0 Å². The number of H-pyrrole nitrogens is 2. The Kier molecular flexibility index (Phi) is 15.5. The fourth-order valence-corrected chi connectivity index (χ4v) is 11.0. The van der Waals surface area contributed by atoms with Crippen molar-refractivity contribution in [3.8, 4) is 44.8 Å². The molecule has 2 saturated heterocycles. The number of hydrogen-bond acceptors (Lipinski definition) is 10. The molecule has 4 atom stereocenters. The van der Waals surface area contributed by atoms with Crippen LogP contribution in [0.25, 0.3) is 44.8 Å². The average Bonchev–Trinajstić information content (AvgIpc) is 4.34. The molecule has 1 aliphatic carbocycles. The molecule has 0 bridgehead atoms. The Bertz CT molecular complexity index is 3200. The number of aromatic nitrogens is 4. The maximum absolute atomic E-state index is 14.4. The second-order valence-electron chi connectivity index (χ2n) is 20.1. The zero-order valence-corrected chi connectivity index (χ0v) is 43.6. The highest BCUT2D eigenvalue weighted by molar-refractivity contribution is 5.87. The molecule has 2 aliphatic heterocycles. The zero-order valence-electron chi connectivity index (χ0n) is 43.6. The van der Waals surface area contributed by atoms with Gasteiger partial charge < -0.3 is 49.9 Å². The first-order valence-corrected chi connectivity index (χ1v) is 26.2. The van der Waals surface area contributed by atoms with Gasteiger partial charge >= 0.3 is 18.3 Å². The number of ether oxygens (including phenoxy) is 3. The summed E-state index contributed by atoms with van der Waals surface area (Å²) in [5.41, 5.74) is 11.9. The molecule has 0 spiro atoms. The number of aromatic amines is 2. The van der Waals surface area contributed by atoms with Crippen molar-refractivity contribution in [3.63, 3.8) is 0 Å². The number of likely N-dealkylation sites (tertiary alicyclic amines) is 2. The first kappa shape index (κ1) is 51.7. The number of nitrogens with zero attached hydrogens (tertiary/aromatic N) is 4. The van der Waals surface area contributed by atoms with E-state index in [0.29, 0.717) is 31.2 Å². The number of methoxy groups -OCH3 is 2. The predicted molar refractivity (Wildman–Crippen MR) is 290 cm³/mol. The molecule has 3 aliphatic rings. The van der Waals surface area contributed by atoms with Crippen molar-refractivity contribution < 1.29 is 38.2 Å². The third-order valence-corrected chi connectivity index (χ3v) is 15.0. The van der Waals surface area contributed by atoms with Gasteiger partial charge in [-0.15, -0.1) is 0 Å². The largest absolute Gasteiger partial charge is 0.453 e. The molecule has 5 N–H and O–H groups in total. The fourth-order valence-electron chi connectivity index (χ4n) is 11.0. The number of imidazole rings is 2. The quantitative estimate of drug-likeness (QED) is 0.0578. The molecule has 5 amide bonds. The van der Waals surface area contributed by atoms with Crippen molar-refractivity contribution in [3.05, 3.63) is 168 Å². The molecule has 0 radical (unpaired) electrons. The van der Waals surface area contributed by atoms with E-state index in [1.165, 1.54) is 25.3 Å². The highest BCUT2D eigenvalue weighted by Crippen LogP contribution is 2.44. The Balaban J connectivity index is 0.735. The lowest BCUT2D eigenvalue weighted by Gasteiger charge is -2.30. The van der Waals surface area contributed by atoms with Crippen LogP contribution >= 0.6 is 0 Å². The number of nitrogens with one attached hydrogen (secondary N) is 5. The first-order chi connectivity index (χ1) is 37.5. The number of alkyl carbamates (subject to hydrolysis) is 3. The van der Waals surface area contributed by atoms with Crippen LogP contribution in [0.4, 0.5) is 14.4 Å². The number of carbonyl (C=O) groups excluding carboxylic acids is 5. The van der Waals surface area contributed by atoms with Crippen molar-refractivity contribution >= 4 is 30.1 Å². The van der Waals surface area contributed by atoms with Gasteiger partial charge in [-0.25, -0.2) is 24.4 Å². The van der Waals surface area contributed by atoms with Gasteiger partial charge in [0.25, 0.3) is 0 Å². The van der Waals surface area contributed by atoms with Crippen LogP contribution in [0, 0.1) is 5.92 Å². The molecular weight excluding hydrogens is 975 g/mol. The van der Waals surface area contributed by atoms with E-state index < -0.39 is 30.4 Å². The summed E-state index contributed by atoms with van der Waals surface area (Å²) < 4.78 is 15.4. The van der Waals surface area contributed by atoms with Gasteiger partial charge in [-0.1, -0.05) is 135 Å². The fraction of sp³-hybridized carbons (Fsp3) is 0.317. The van der Waals surface area contributed by atoms with Crippen LogP contribution in [0.15, 0.2) is 134 Å². The molecule has 5 aromatic carbocycles. The summed E-state index contributed by atoms with van der Waals surface area (Å²) in [5.74, 6) is 0.827. The van der Waals surface area contributed by atoms with Crippen LogP contribution in [0.2, 0.25) is 0 Å². The number of rotatable bonds is 16. The molecule has 0 unspecified atom stereocenters. The number of benzene rings is 5. The number of fused-ring (bicyclic) bond motifs is 3. The monoisotopic (exact) mass is 1040 g/mol. The van der Waals surface area contributed by atoms with Crippen LogP contribution in [0.1, 0.15) is 91.4 Å². The third kappa shape index (κ3) is 11.3. The lowest BCUT2D eigenvalue weighted by molar-refractivity contribution is -0.135. The Morgan fingerprint density at radius 3 is 1.60 bits per heavy atom. The van der Waals surface area contributed by atoms with Gasteiger partial charge in [-0.3, -0.25) is 9.59 Å². The van der Waals surface area contributed by atoms with Crippen LogP contribution in [0.5, 0.6) is 0 Å². The standard InChI is InChI=1S/C60H63N9O8/c1-36(2)53(67-60(74)76-4)57(71)69-30-10-16-52(69)55-62-34-50(65-55)42-27-23-40(24-28-42)39-21-25-41(26-22-39)49-33-61-54(64-49)51-15-9-29-68(51)56(70)48(66-59(73)75-3)31-37-17-19-38(20-18-37)32-63-58(72)77-35-47-45-13-7-5-11-43(45)44-12-6-8-14-46(44)47/h5-8,11-14,17-28,33-34,36,47-48,51-53H,9-10,15-16,29-32,35H2,1-4H3,(H,61,64)(H,62,65)(H,63,72)(H,66,73)(H,67,74)/t48-,51-,52-,53-/m0/s1. The van der Waals surface area contributed by atoms with Gasteiger partial charge in [0.15, 0.2) is 0 Å². The average molecular weight is 1040 g/mol. The summed E-state index contributed by atoms with van der Waals surface area (Å²) in [7, 11) is 2.56. The normalized spacial score (nSPS) is 16.6. The van der Waals surface area contributed by atoms with E-state index in [1.807, 2.05) is 86.6 Å². The van der Waals surface area contributed by atoms with Gasteiger partial charge in [0.05, 0.1) is 50.1 Å². The molecule has 0 saturated carbocycles. The van der Waals surface area contributed by atoms with Crippen LogP contribution < -0.4 is 16.0 Å². The summed E-state index contributed by atoms with van der Waals surface area (Å²) >= 11 is 0. The molecular formula is C60H63N9O8. The molecule has 4 heterocycles. The second-order valence-corrected chi connectivity index (χ2v) is 20.1. The Morgan fingerprint density at radius 2 is 1.08 bits per heavy atom. The van der Waals surface area contributed by atoms with E-state index >= 15 is 0 Å². The molecule has 17 heteroatoms. The molecule has 7 aromatic rings. The van der Waals surface area contributed by atoms with Gasteiger partial charge in [0, 0.05) is 32.0 Å². The maximum atomic E-state index is 14.4. The Labute approximate surface area is 447 Å². The van der Waals surface area contributed by atoms with E-state index in [0.717, 1.165) is 75.2 Å². The van der Waals surface area contributed by atoms with Crippen molar-refractivity contribution in [1.82, 2.24) is 45.7 Å². The molecule has 396 valence electrons. The van der Waals surface area contributed by atoms with E-state index in [4.69, 9.17) is 24.2 Å². The molecule has 77 heavy (non-hydrogen) atoms. The summed E-state index contributed by atoms with van der Waals surface area (Å²) in [5, 5.41) is 8.33. The smallest absolute Gasteiger partial charge is 0.407 e. The lowest BCUT2D eigenvalue weighted by atomic mass is 9.98. The van der Waals surface area contributed by atoms with Crippen LogP contribution in [-0.2, 0) is 36.8 Å². The predicted octanol–water partition coefficient (Wildman–Crippen LogP) is 9.85. The van der Waals surface area contributed by atoms with E-state index in [9.17, 15) is 24.0 Å². The van der Waals surface area contributed by atoms with Crippen molar-refractivity contribution in [2.45, 2.75) is 82.6 Å². The van der Waals surface area contributed by atoms with E-state index in [2.05, 4.69) is 74.4 Å². The SMILES string of the molecule is COC(=O)N[C@@H](Cc1ccc(CNC(=O)OCC2c3ccccc3-c3ccccc32)cc1)C(=O)N1CCC[C@H]1c1ncc(-c2ccc(-c3ccc(-c4cnc([C@@H]5CCCN5C(=O)[C@@H](NC(=O)OC)C(C)C)[nH]4)cc3)cc2)[nH]1. The maximum Gasteiger partial charge on any atom is 0.407 e. The van der Waals surface area contributed by atoms with Crippen molar-refractivity contribution in [1.29, 1.82) is 0 Å². The minimum Gasteiger partial charge on any atom is -0.453 e. The minimum absolute atomic E-state index is 0.0364. The third-order valence-electron chi connectivity index (χ3n) is 15.0. The summed E-state index contributed by atoms with van der Waals surface area (Å²) in [6.45, 7) is 5.35. The molecule has 17 nitrogen and oxygen atoms in total. The summed E-state index contributed by atoms with van der Waals surface area (Å²) in [4.78, 5) is 85.5. The lowest BCUT2D eigenvalue weighted by Crippen LogP contribution is -2.51. The second kappa shape index (κ2) is 23.0. The van der Waals surface area contributed by atoms with Gasteiger partial charge in [0.1, 0.15) is 30.3 Å². The summed E-state index contributed by atoms with van der Waals surface area (Å²) in [6.07, 6.45) is 5.03. The van der Waals surface area contributed by atoms with Gasteiger partial charge in [-0.2, -0.15) is 0 Å². The topological polar surface area (TPSA) is 213 Å². The first-order valence-electron chi connectivity index (χ1n) is 26.2.